The van der Waals surface area contributed by atoms with Crippen LogP contribution in [0.5, 0.6) is 17.2 Å². The molecule has 1 aromatic carbocycles. The minimum atomic E-state index is -0.272. The van der Waals surface area contributed by atoms with Crippen molar-refractivity contribution in [3.63, 3.8) is 0 Å². The van der Waals surface area contributed by atoms with Gasteiger partial charge in [-0.05, 0) is 36.4 Å². The van der Waals surface area contributed by atoms with Gasteiger partial charge < -0.3 is 23.6 Å². The van der Waals surface area contributed by atoms with Crippen LogP contribution in [0.2, 0.25) is 0 Å². The molecule has 0 fully saturated rings. The van der Waals surface area contributed by atoms with Crippen molar-refractivity contribution in [2.45, 2.75) is 0 Å². The van der Waals surface area contributed by atoms with Gasteiger partial charge in [0.1, 0.15) is 17.0 Å². The van der Waals surface area contributed by atoms with Gasteiger partial charge in [-0.1, -0.05) is 0 Å². The first kappa shape index (κ1) is 17.7. The highest BCUT2D eigenvalue weighted by molar-refractivity contribution is 5.95. The summed E-state index contributed by atoms with van der Waals surface area (Å²) in [4.78, 5) is 28.2. The number of hydrogen-bond donors (Lipinski definition) is 1. The topological polar surface area (TPSA) is 78.2 Å². The summed E-state index contributed by atoms with van der Waals surface area (Å²) in [7, 11) is 4.93. The quantitative estimate of drug-likeness (QED) is 0.593. The van der Waals surface area contributed by atoms with Gasteiger partial charge in [-0.3, -0.25) is 9.59 Å². The fraction of sp³-hybridized carbons (Fsp3) is 0.143. The van der Waals surface area contributed by atoms with Crippen LogP contribution < -0.4 is 20.6 Å². The number of aryl methyl sites for hydroxylation is 2. The fourth-order valence-corrected chi connectivity index (χ4v) is 3.16. The van der Waals surface area contributed by atoms with E-state index in [1.165, 1.54) is 9.13 Å². The molecule has 4 aromatic rings. The second-order valence-electron chi connectivity index (χ2n) is 6.48. The average molecular weight is 377 g/mol. The Morgan fingerprint density at radius 3 is 2.29 bits per heavy atom. The molecular weight excluding hydrogens is 358 g/mol. The molecule has 0 spiro atoms. The average Bonchev–Trinajstić information content (AvgIpc) is 3.19. The first-order valence-corrected chi connectivity index (χ1v) is 8.68. The zero-order chi connectivity index (χ0) is 19.8. The van der Waals surface area contributed by atoms with Crippen molar-refractivity contribution >= 4 is 10.9 Å². The van der Waals surface area contributed by atoms with Crippen LogP contribution in [0.3, 0.4) is 0 Å². The highest BCUT2D eigenvalue weighted by Gasteiger charge is 2.18. The van der Waals surface area contributed by atoms with E-state index in [1.807, 2.05) is 12.1 Å². The summed E-state index contributed by atoms with van der Waals surface area (Å²) in [5.41, 5.74) is 1.42. The van der Waals surface area contributed by atoms with E-state index in [1.54, 1.807) is 64.1 Å². The Morgan fingerprint density at radius 2 is 1.57 bits per heavy atom. The van der Waals surface area contributed by atoms with Crippen LogP contribution in [0, 0.1) is 0 Å². The van der Waals surface area contributed by atoms with Crippen molar-refractivity contribution in [2.24, 2.45) is 14.1 Å². The number of aromatic amines is 1. The highest BCUT2D eigenvalue weighted by atomic mass is 16.5. The predicted molar refractivity (Wildman–Crippen MR) is 107 cm³/mol. The molecule has 7 heteroatoms. The van der Waals surface area contributed by atoms with Crippen LogP contribution in [0.4, 0.5) is 0 Å². The third-order valence-electron chi connectivity index (χ3n) is 4.69. The van der Waals surface area contributed by atoms with E-state index in [0.717, 1.165) is 10.9 Å². The number of ether oxygens (including phenoxy) is 2. The molecule has 0 aliphatic heterocycles. The van der Waals surface area contributed by atoms with Crippen molar-refractivity contribution < 1.29 is 9.47 Å². The van der Waals surface area contributed by atoms with Crippen molar-refractivity contribution in [1.29, 1.82) is 0 Å². The summed E-state index contributed by atoms with van der Waals surface area (Å²) in [6.07, 6.45) is 5.11. The van der Waals surface area contributed by atoms with E-state index >= 15 is 0 Å². The predicted octanol–water partition coefficient (Wildman–Crippen LogP) is 3.03. The minimum Gasteiger partial charge on any atom is -0.497 e. The molecule has 0 radical (unpaired) electrons. The maximum absolute atomic E-state index is 12.9. The summed E-state index contributed by atoms with van der Waals surface area (Å²) >= 11 is 0. The van der Waals surface area contributed by atoms with Crippen LogP contribution in [-0.2, 0) is 14.1 Å². The zero-order valence-corrected chi connectivity index (χ0v) is 15.7. The maximum Gasteiger partial charge on any atom is 0.293 e. The lowest BCUT2D eigenvalue weighted by molar-refractivity contribution is 0.412. The molecule has 0 aliphatic carbocycles. The Labute approximate surface area is 160 Å². The molecule has 0 aliphatic rings. The Kier molecular flexibility index (Phi) is 4.27. The minimum absolute atomic E-state index is 0.134. The van der Waals surface area contributed by atoms with Crippen LogP contribution in [0.15, 0.2) is 64.6 Å². The molecular formula is C21H19N3O4. The molecule has 142 valence electrons. The molecule has 28 heavy (non-hydrogen) atoms. The number of rotatable bonds is 4. The van der Waals surface area contributed by atoms with E-state index in [4.69, 9.17) is 9.47 Å². The van der Waals surface area contributed by atoms with Crippen molar-refractivity contribution in [2.75, 3.05) is 7.11 Å². The molecule has 0 saturated carbocycles. The Balaban J connectivity index is 1.93. The van der Waals surface area contributed by atoms with Gasteiger partial charge in [0.2, 0.25) is 0 Å². The van der Waals surface area contributed by atoms with Crippen LogP contribution in [0.25, 0.3) is 22.0 Å². The summed E-state index contributed by atoms with van der Waals surface area (Å²) in [6.45, 7) is 0. The SMILES string of the molecule is COc1ccc(Oc2c(-c3cn(C)c(=O)c4[nH]ccc34)ccn(C)c2=O)cc1. The fourth-order valence-electron chi connectivity index (χ4n) is 3.16. The lowest BCUT2D eigenvalue weighted by Gasteiger charge is -2.14. The van der Waals surface area contributed by atoms with Crippen molar-refractivity contribution in [3.05, 3.63) is 75.7 Å². The largest absolute Gasteiger partial charge is 0.497 e. The lowest BCUT2D eigenvalue weighted by Crippen LogP contribution is -2.19. The maximum atomic E-state index is 12.9. The number of H-pyrrole nitrogens is 1. The molecule has 3 heterocycles. The standard InChI is InChI=1S/C21H19N3O4/c1-23-11-9-16(17-12-24(2)20(25)18-15(17)8-10-22-18)19(21(23)26)28-14-6-4-13(27-3)5-7-14/h4-12,22H,1-3H3. The molecule has 0 atom stereocenters. The summed E-state index contributed by atoms with van der Waals surface area (Å²) in [5.74, 6) is 1.40. The number of pyridine rings is 2. The van der Waals surface area contributed by atoms with Crippen LogP contribution in [0.1, 0.15) is 0 Å². The molecule has 0 amide bonds. The van der Waals surface area contributed by atoms with Crippen LogP contribution in [-0.4, -0.2) is 21.2 Å². The first-order chi connectivity index (χ1) is 13.5. The second-order valence-corrected chi connectivity index (χ2v) is 6.48. The van der Waals surface area contributed by atoms with Crippen molar-refractivity contribution in [1.82, 2.24) is 14.1 Å². The Bertz CT molecular complexity index is 1280. The van der Waals surface area contributed by atoms with Gasteiger partial charge in [-0.15, -0.1) is 0 Å². The highest BCUT2D eigenvalue weighted by Crippen LogP contribution is 2.34. The van der Waals surface area contributed by atoms with E-state index in [-0.39, 0.29) is 16.9 Å². The third kappa shape index (κ3) is 2.87. The number of hydrogen-bond acceptors (Lipinski definition) is 4. The second kappa shape index (κ2) is 6.77. The van der Waals surface area contributed by atoms with Gasteiger partial charge in [0.15, 0.2) is 5.75 Å². The van der Waals surface area contributed by atoms with E-state index in [2.05, 4.69) is 4.98 Å². The number of methoxy groups -OCH3 is 1. The van der Waals surface area contributed by atoms with Crippen LogP contribution >= 0.6 is 0 Å². The molecule has 3 aromatic heterocycles. The molecule has 4 rings (SSSR count). The molecule has 0 unspecified atom stereocenters. The molecule has 0 saturated heterocycles. The lowest BCUT2D eigenvalue weighted by atomic mass is 10.0. The van der Waals surface area contributed by atoms with Gasteiger partial charge in [-0.2, -0.15) is 0 Å². The monoisotopic (exact) mass is 377 g/mol. The number of aromatic nitrogens is 3. The van der Waals surface area contributed by atoms with Gasteiger partial charge in [-0.25, -0.2) is 0 Å². The summed E-state index contributed by atoms with van der Waals surface area (Å²) in [5, 5.41) is 0.732. The summed E-state index contributed by atoms with van der Waals surface area (Å²) in [6, 6.07) is 10.6. The first-order valence-electron chi connectivity index (χ1n) is 8.68. The Morgan fingerprint density at radius 1 is 0.857 bits per heavy atom. The number of nitrogens with zero attached hydrogens (tertiary/aromatic N) is 2. The normalized spacial score (nSPS) is 11.0. The third-order valence-corrected chi connectivity index (χ3v) is 4.69. The molecule has 7 nitrogen and oxygen atoms in total. The van der Waals surface area contributed by atoms with E-state index in [9.17, 15) is 9.59 Å². The Hall–Kier alpha value is -3.74. The molecule has 1 N–H and O–H groups in total. The van der Waals surface area contributed by atoms with Gasteiger partial charge >= 0.3 is 0 Å². The smallest absolute Gasteiger partial charge is 0.293 e. The number of fused-ring (bicyclic) bond motifs is 1. The van der Waals surface area contributed by atoms with Gasteiger partial charge in [0.25, 0.3) is 11.1 Å². The summed E-state index contributed by atoms with van der Waals surface area (Å²) < 4.78 is 14.1. The van der Waals surface area contributed by atoms with E-state index < -0.39 is 0 Å². The van der Waals surface area contributed by atoms with Gasteiger partial charge in [0.05, 0.1) is 7.11 Å². The molecule has 0 bridgehead atoms. The number of nitrogens with one attached hydrogen (secondary N) is 1. The zero-order valence-electron chi connectivity index (χ0n) is 15.7. The van der Waals surface area contributed by atoms with E-state index in [0.29, 0.717) is 22.6 Å². The number of benzene rings is 1. The van der Waals surface area contributed by atoms with Gasteiger partial charge in [0, 0.05) is 49.2 Å². The van der Waals surface area contributed by atoms with Crippen molar-refractivity contribution in [3.8, 4) is 28.4 Å².